The van der Waals surface area contributed by atoms with Gasteiger partial charge in [-0.3, -0.25) is 0 Å². The molecule has 0 aromatic heterocycles. The number of nitrogens with zero attached hydrogens (tertiary/aromatic N) is 1. The molecule has 4 heteroatoms. The summed E-state index contributed by atoms with van der Waals surface area (Å²) in [7, 11) is -1.57. The monoisotopic (exact) mass is 212 g/mol. The third-order valence-electron chi connectivity index (χ3n) is 1.93. The van der Waals surface area contributed by atoms with E-state index < -0.39 is 10.0 Å². The van der Waals surface area contributed by atoms with E-state index >= 15 is 0 Å². The van der Waals surface area contributed by atoms with E-state index in [0.717, 1.165) is 5.56 Å². The second-order valence-corrected chi connectivity index (χ2v) is 5.27. The van der Waals surface area contributed by atoms with Crippen LogP contribution in [0.25, 0.3) is 0 Å². The summed E-state index contributed by atoms with van der Waals surface area (Å²) in [5, 5.41) is 0. The average Bonchev–Trinajstić information content (AvgIpc) is 2.19. The first kappa shape index (κ1) is 11.2. The summed E-state index contributed by atoms with van der Waals surface area (Å²) in [6.45, 7) is 3.24. The Kier molecular flexibility index (Phi) is 3.66. The number of hydrogen-bond acceptors (Lipinski definition) is 2. The minimum Gasteiger partial charge on any atom is -0.212 e. The molecule has 1 rings (SSSR count). The molecule has 1 radical (unpaired) electrons. The minimum absolute atomic E-state index is 0.118. The second-order valence-electron chi connectivity index (χ2n) is 2.96. The highest BCUT2D eigenvalue weighted by Crippen LogP contribution is 2.08. The van der Waals surface area contributed by atoms with E-state index in [-0.39, 0.29) is 5.75 Å². The highest BCUT2D eigenvalue weighted by molar-refractivity contribution is 7.89. The molecule has 77 valence electrons. The molecule has 0 N–H and O–H groups in total. The number of sulfonamides is 1. The van der Waals surface area contributed by atoms with Crippen LogP contribution in [0.5, 0.6) is 0 Å². The lowest BCUT2D eigenvalue weighted by Gasteiger charge is -2.14. The Bertz CT molecular complexity index is 372. The lowest BCUT2D eigenvalue weighted by Crippen LogP contribution is -2.26. The van der Waals surface area contributed by atoms with Crippen LogP contribution >= 0.6 is 0 Å². The van der Waals surface area contributed by atoms with E-state index in [1.807, 2.05) is 30.3 Å². The Morgan fingerprint density at radius 1 is 1.29 bits per heavy atom. The van der Waals surface area contributed by atoms with Gasteiger partial charge in [-0.05, 0) is 12.5 Å². The Hall–Kier alpha value is -0.870. The molecule has 0 heterocycles. The van der Waals surface area contributed by atoms with Crippen LogP contribution < -0.4 is 0 Å². The SMILES string of the molecule is CCS(=O)(=O)N(C)[CH]c1ccccc1. The van der Waals surface area contributed by atoms with Crippen LogP contribution in [0.4, 0.5) is 0 Å². The van der Waals surface area contributed by atoms with E-state index in [0.29, 0.717) is 0 Å². The summed E-state index contributed by atoms with van der Waals surface area (Å²) in [5.41, 5.74) is 0.882. The second kappa shape index (κ2) is 4.57. The predicted octanol–water partition coefficient (Wildman–Crippen LogP) is 1.48. The average molecular weight is 212 g/mol. The molecule has 0 amide bonds. The first-order chi connectivity index (χ1) is 6.56. The number of rotatable bonds is 4. The maximum absolute atomic E-state index is 11.4. The molecule has 3 nitrogen and oxygen atoms in total. The summed E-state index contributed by atoms with van der Waals surface area (Å²) >= 11 is 0. The molecule has 0 aliphatic carbocycles. The fourth-order valence-electron chi connectivity index (χ4n) is 1.03. The van der Waals surface area contributed by atoms with E-state index in [4.69, 9.17) is 0 Å². The van der Waals surface area contributed by atoms with Crippen LogP contribution in [-0.2, 0) is 10.0 Å². The van der Waals surface area contributed by atoms with Gasteiger partial charge in [0.05, 0.1) is 12.3 Å². The molecule has 0 unspecified atom stereocenters. The topological polar surface area (TPSA) is 37.4 Å². The maximum Gasteiger partial charge on any atom is 0.214 e. The van der Waals surface area contributed by atoms with Crippen molar-refractivity contribution in [3.8, 4) is 0 Å². The zero-order valence-corrected chi connectivity index (χ0v) is 9.16. The van der Waals surface area contributed by atoms with Crippen molar-refractivity contribution in [1.29, 1.82) is 0 Å². The Balaban J connectivity index is 2.72. The first-order valence-corrected chi connectivity index (χ1v) is 6.03. The fraction of sp³-hybridized carbons (Fsp3) is 0.300. The van der Waals surface area contributed by atoms with Gasteiger partial charge >= 0.3 is 0 Å². The van der Waals surface area contributed by atoms with Crippen LogP contribution in [0.2, 0.25) is 0 Å². The molecular formula is C10H14NO2S. The Labute approximate surface area is 85.4 Å². The molecule has 14 heavy (non-hydrogen) atoms. The lowest BCUT2D eigenvalue weighted by molar-refractivity contribution is 0.526. The highest BCUT2D eigenvalue weighted by atomic mass is 32.2. The highest BCUT2D eigenvalue weighted by Gasteiger charge is 2.15. The third kappa shape index (κ3) is 2.82. The van der Waals surface area contributed by atoms with Crippen molar-refractivity contribution in [3.63, 3.8) is 0 Å². The summed E-state index contributed by atoms with van der Waals surface area (Å²) in [4.78, 5) is 0. The van der Waals surface area contributed by atoms with E-state index in [1.54, 1.807) is 20.5 Å². The largest absolute Gasteiger partial charge is 0.214 e. The molecular weight excluding hydrogens is 198 g/mol. The minimum atomic E-state index is -3.12. The Morgan fingerprint density at radius 3 is 2.36 bits per heavy atom. The van der Waals surface area contributed by atoms with Gasteiger partial charge in [-0.15, -0.1) is 0 Å². The van der Waals surface area contributed by atoms with Crippen LogP contribution in [-0.4, -0.2) is 25.5 Å². The summed E-state index contributed by atoms with van der Waals surface area (Å²) in [6, 6.07) is 9.37. The molecule has 0 saturated heterocycles. The van der Waals surface area contributed by atoms with Crippen LogP contribution in [0.1, 0.15) is 12.5 Å². The number of hydrogen-bond donors (Lipinski definition) is 0. The van der Waals surface area contributed by atoms with Gasteiger partial charge in [-0.2, -0.15) is 4.31 Å². The molecule has 0 bridgehead atoms. The predicted molar refractivity (Wildman–Crippen MR) is 57.1 cm³/mol. The van der Waals surface area contributed by atoms with Gasteiger partial charge in [-0.1, -0.05) is 30.3 Å². The van der Waals surface area contributed by atoms with Crippen molar-refractivity contribution in [2.75, 3.05) is 12.8 Å². The zero-order chi connectivity index (χ0) is 10.6. The third-order valence-corrected chi connectivity index (χ3v) is 3.65. The molecule has 1 aromatic rings. The molecule has 0 aliphatic rings. The lowest BCUT2D eigenvalue weighted by atomic mass is 10.2. The number of benzene rings is 1. The van der Waals surface area contributed by atoms with Gasteiger partial charge in [0.15, 0.2) is 0 Å². The standard InChI is InChI=1S/C10H14NO2S/c1-3-14(12,13)11(2)9-10-7-5-4-6-8-10/h4-9H,3H2,1-2H3. The normalized spacial score (nSPS) is 11.9. The van der Waals surface area contributed by atoms with Gasteiger partial charge in [0, 0.05) is 7.05 Å². The molecule has 0 atom stereocenters. The van der Waals surface area contributed by atoms with Crippen molar-refractivity contribution in [2.24, 2.45) is 0 Å². The summed E-state index contributed by atoms with van der Waals surface area (Å²) < 4.78 is 24.0. The van der Waals surface area contributed by atoms with Gasteiger partial charge < -0.3 is 0 Å². The van der Waals surface area contributed by atoms with Gasteiger partial charge in [0.1, 0.15) is 0 Å². The van der Waals surface area contributed by atoms with Crippen molar-refractivity contribution < 1.29 is 8.42 Å². The molecule has 0 saturated carbocycles. The van der Waals surface area contributed by atoms with E-state index in [2.05, 4.69) is 0 Å². The Morgan fingerprint density at radius 2 is 1.86 bits per heavy atom. The van der Waals surface area contributed by atoms with Gasteiger partial charge in [0.2, 0.25) is 10.0 Å². The van der Waals surface area contributed by atoms with Crippen LogP contribution in [0, 0.1) is 6.54 Å². The van der Waals surface area contributed by atoms with Gasteiger partial charge in [0.25, 0.3) is 0 Å². The molecule has 0 fully saturated rings. The van der Waals surface area contributed by atoms with Crippen molar-refractivity contribution in [2.45, 2.75) is 6.92 Å². The molecule has 0 spiro atoms. The van der Waals surface area contributed by atoms with Crippen molar-refractivity contribution in [1.82, 2.24) is 4.31 Å². The van der Waals surface area contributed by atoms with Crippen LogP contribution in [0.15, 0.2) is 30.3 Å². The molecule has 0 aliphatic heterocycles. The summed E-state index contributed by atoms with van der Waals surface area (Å²) in [6.07, 6.45) is 0. The van der Waals surface area contributed by atoms with Crippen molar-refractivity contribution in [3.05, 3.63) is 42.4 Å². The first-order valence-electron chi connectivity index (χ1n) is 4.42. The van der Waals surface area contributed by atoms with E-state index in [9.17, 15) is 8.42 Å². The van der Waals surface area contributed by atoms with Crippen molar-refractivity contribution >= 4 is 10.0 Å². The molecule has 1 aromatic carbocycles. The maximum atomic E-state index is 11.4. The van der Waals surface area contributed by atoms with E-state index in [1.165, 1.54) is 4.31 Å². The smallest absolute Gasteiger partial charge is 0.212 e. The quantitative estimate of drug-likeness (QED) is 0.758. The van der Waals surface area contributed by atoms with Gasteiger partial charge in [-0.25, -0.2) is 8.42 Å². The van der Waals surface area contributed by atoms with Crippen LogP contribution in [0.3, 0.4) is 0 Å². The zero-order valence-electron chi connectivity index (χ0n) is 8.34. The fourth-order valence-corrected chi connectivity index (χ4v) is 1.72. The summed E-state index contributed by atoms with van der Waals surface area (Å²) in [5.74, 6) is 0.118.